The van der Waals surface area contributed by atoms with E-state index in [-0.39, 0.29) is 0 Å². The van der Waals surface area contributed by atoms with Crippen molar-refractivity contribution in [3.8, 4) is 0 Å². The SMILES string of the molecule is C[C@@H]1C[C@@H](C)CN(Cc2ccc(CNCc3cncn3C)cc2)C1. The van der Waals surface area contributed by atoms with E-state index in [2.05, 4.69) is 57.9 Å². The number of likely N-dealkylation sites (tertiary alicyclic amines) is 1. The maximum atomic E-state index is 4.14. The Hall–Kier alpha value is -1.65. The van der Waals surface area contributed by atoms with E-state index in [0.29, 0.717) is 0 Å². The van der Waals surface area contributed by atoms with Gasteiger partial charge in [0.1, 0.15) is 0 Å². The van der Waals surface area contributed by atoms with E-state index >= 15 is 0 Å². The molecule has 0 amide bonds. The summed E-state index contributed by atoms with van der Waals surface area (Å²) < 4.78 is 2.05. The van der Waals surface area contributed by atoms with E-state index in [1.54, 1.807) is 0 Å². The zero-order valence-electron chi connectivity index (χ0n) is 15.2. The van der Waals surface area contributed by atoms with Gasteiger partial charge >= 0.3 is 0 Å². The lowest BCUT2D eigenvalue weighted by Gasteiger charge is -2.35. The number of aryl methyl sites for hydroxylation is 1. The molecule has 0 spiro atoms. The van der Waals surface area contributed by atoms with E-state index < -0.39 is 0 Å². The van der Waals surface area contributed by atoms with Gasteiger partial charge in [-0.05, 0) is 29.4 Å². The fourth-order valence-electron chi connectivity index (χ4n) is 3.83. The number of nitrogens with one attached hydrogen (secondary N) is 1. The summed E-state index contributed by atoms with van der Waals surface area (Å²) >= 11 is 0. The second-order valence-electron chi connectivity index (χ2n) is 7.56. The highest BCUT2D eigenvalue weighted by Crippen LogP contribution is 2.22. The van der Waals surface area contributed by atoms with Crippen LogP contribution < -0.4 is 5.32 Å². The molecular formula is C20H30N4. The topological polar surface area (TPSA) is 33.1 Å². The molecule has 3 rings (SSSR count). The summed E-state index contributed by atoms with van der Waals surface area (Å²) in [6.07, 6.45) is 5.13. The van der Waals surface area contributed by atoms with Crippen molar-refractivity contribution in [2.45, 2.75) is 39.9 Å². The smallest absolute Gasteiger partial charge is 0.0945 e. The van der Waals surface area contributed by atoms with Crippen molar-refractivity contribution < 1.29 is 0 Å². The van der Waals surface area contributed by atoms with Crippen molar-refractivity contribution in [3.05, 3.63) is 53.6 Å². The summed E-state index contributed by atoms with van der Waals surface area (Å²) in [4.78, 5) is 6.75. The Balaban J connectivity index is 1.47. The summed E-state index contributed by atoms with van der Waals surface area (Å²) in [6, 6.07) is 9.07. The minimum atomic E-state index is 0.823. The molecular weight excluding hydrogens is 296 g/mol. The van der Waals surface area contributed by atoms with Crippen molar-refractivity contribution in [1.29, 1.82) is 0 Å². The monoisotopic (exact) mass is 326 g/mol. The summed E-state index contributed by atoms with van der Waals surface area (Å²) in [5, 5.41) is 3.49. The lowest BCUT2D eigenvalue weighted by Crippen LogP contribution is -2.38. The first kappa shape index (κ1) is 17.2. The molecule has 0 saturated carbocycles. The van der Waals surface area contributed by atoms with Gasteiger partial charge in [0, 0.05) is 46.0 Å². The molecule has 2 atom stereocenters. The first-order chi connectivity index (χ1) is 11.6. The standard InChI is InChI=1S/C20H30N4/c1-16-8-17(2)13-24(12-16)14-19-6-4-18(5-7-19)9-21-10-20-11-22-15-23(20)3/h4-7,11,15-17,21H,8-10,12-14H2,1-3H3/t16-,17-/m1/s1. The van der Waals surface area contributed by atoms with Crippen LogP contribution >= 0.6 is 0 Å². The predicted octanol–water partition coefficient (Wildman–Crippen LogP) is 3.19. The molecule has 1 aliphatic heterocycles. The third-order valence-corrected chi connectivity index (χ3v) is 4.93. The van der Waals surface area contributed by atoms with Crippen LogP contribution in [0.25, 0.3) is 0 Å². The van der Waals surface area contributed by atoms with Gasteiger partial charge in [0.2, 0.25) is 0 Å². The second kappa shape index (κ2) is 7.95. The Bertz CT molecular complexity index is 621. The third kappa shape index (κ3) is 4.68. The van der Waals surface area contributed by atoms with Crippen LogP contribution in [0, 0.1) is 11.8 Å². The van der Waals surface area contributed by atoms with Gasteiger partial charge in [-0.25, -0.2) is 4.98 Å². The predicted molar refractivity (Wildman–Crippen MR) is 98.4 cm³/mol. The quantitative estimate of drug-likeness (QED) is 0.885. The largest absolute Gasteiger partial charge is 0.337 e. The van der Waals surface area contributed by atoms with E-state index in [4.69, 9.17) is 0 Å². The lowest BCUT2D eigenvalue weighted by molar-refractivity contribution is 0.134. The number of benzene rings is 1. The highest BCUT2D eigenvalue weighted by molar-refractivity contribution is 5.22. The highest BCUT2D eigenvalue weighted by atomic mass is 15.1. The Labute approximate surface area is 145 Å². The summed E-state index contributed by atoms with van der Waals surface area (Å²) in [7, 11) is 2.03. The molecule has 0 unspecified atom stereocenters. The second-order valence-corrected chi connectivity index (χ2v) is 7.56. The fraction of sp³-hybridized carbons (Fsp3) is 0.550. The van der Waals surface area contributed by atoms with Crippen LogP contribution in [0.3, 0.4) is 0 Å². The Morgan fingerprint density at radius 3 is 2.33 bits per heavy atom. The van der Waals surface area contributed by atoms with E-state index in [1.807, 2.05) is 19.6 Å². The molecule has 4 nitrogen and oxygen atoms in total. The molecule has 1 aromatic carbocycles. The van der Waals surface area contributed by atoms with Gasteiger partial charge in [0.15, 0.2) is 0 Å². The maximum absolute atomic E-state index is 4.14. The van der Waals surface area contributed by atoms with Crippen LogP contribution in [0.4, 0.5) is 0 Å². The minimum Gasteiger partial charge on any atom is -0.337 e. The van der Waals surface area contributed by atoms with Crippen molar-refractivity contribution in [2.24, 2.45) is 18.9 Å². The van der Waals surface area contributed by atoms with Crippen LogP contribution in [0.1, 0.15) is 37.1 Å². The van der Waals surface area contributed by atoms with Crippen molar-refractivity contribution in [3.63, 3.8) is 0 Å². The van der Waals surface area contributed by atoms with Crippen LogP contribution in [0.2, 0.25) is 0 Å². The Morgan fingerprint density at radius 2 is 1.71 bits per heavy atom. The van der Waals surface area contributed by atoms with Crippen molar-refractivity contribution in [1.82, 2.24) is 19.8 Å². The van der Waals surface area contributed by atoms with Crippen LogP contribution in [0.15, 0.2) is 36.8 Å². The molecule has 1 N–H and O–H groups in total. The number of imidazole rings is 1. The van der Waals surface area contributed by atoms with Crippen LogP contribution in [-0.2, 0) is 26.7 Å². The van der Waals surface area contributed by atoms with Gasteiger partial charge in [-0.15, -0.1) is 0 Å². The number of aromatic nitrogens is 2. The van der Waals surface area contributed by atoms with E-state index in [0.717, 1.165) is 31.5 Å². The number of piperidine rings is 1. The highest BCUT2D eigenvalue weighted by Gasteiger charge is 2.21. The number of hydrogen-bond acceptors (Lipinski definition) is 3. The molecule has 1 aromatic heterocycles. The van der Waals surface area contributed by atoms with Gasteiger partial charge in [-0.3, -0.25) is 4.90 Å². The molecule has 4 heteroatoms. The molecule has 1 aliphatic rings. The third-order valence-electron chi connectivity index (χ3n) is 4.93. The average Bonchev–Trinajstić information content (AvgIpc) is 2.93. The Morgan fingerprint density at radius 1 is 1.04 bits per heavy atom. The van der Waals surface area contributed by atoms with Crippen LogP contribution in [-0.4, -0.2) is 27.5 Å². The average molecular weight is 326 g/mol. The molecule has 1 fully saturated rings. The van der Waals surface area contributed by atoms with Crippen LogP contribution in [0.5, 0.6) is 0 Å². The molecule has 0 radical (unpaired) electrons. The molecule has 1 saturated heterocycles. The van der Waals surface area contributed by atoms with Gasteiger partial charge < -0.3 is 9.88 Å². The maximum Gasteiger partial charge on any atom is 0.0945 e. The molecule has 0 aliphatic carbocycles. The zero-order chi connectivity index (χ0) is 16.9. The normalized spacial score (nSPS) is 22.0. The molecule has 130 valence electrons. The summed E-state index contributed by atoms with van der Waals surface area (Å²) in [5.41, 5.74) is 3.97. The van der Waals surface area contributed by atoms with Gasteiger partial charge in [-0.1, -0.05) is 38.1 Å². The Kier molecular flexibility index (Phi) is 5.69. The summed E-state index contributed by atoms with van der Waals surface area (Å²) in [6.45, 7) is 10.0. The first-order valence-corrected chi connectivity index (χ1v) is 9.06. The molecule has 0 bridgehead atoms. The van der Waals surface area contributed by atoms with Gasteiger partial charge in [0.25, 0.3) is 0 Å². The summed E-state index contributed by atoms with van der Waals surface area (Å²) in [5.74, 6) is 1.65. The molecule has 2 heterocycles. The number of nitrogens with zero attached hydrogens (tertiary/aromatic N) is 3. The van der Waals surface area contributed by atoms with E-state index in [1.165, 1.54) is 36.3 Å². The number of hydrogen-bond donors (Lipinski definition) is 1. The van der Waals surface area contributed by atoms with Gasteiger partial charge in [-0.2, -0.15) is 0 Å². The molecule has 24 heavy (non-hydrogen) atoms. The van der Waals surface area contributed by atoms with E-state index in [9.17, 15) is 0 Å². The zero-order valence-corrected chi connectivity index (χ0v) is 15.2. The molecule has 2 aromatic rings. The minimum absolute atomic E-state index is 0.823. The van der Waals surface area contributed by atoms with Gasteiger partial charge in [0.05, 0.1) is 12.0 Å². The van der Waals surface area contributed by atoms with Crippen molar-refractivity contribution >= 4 is 0 Å². The first-order valence-electron chi connectivity index (χ1n) is 9.06. The number of rotatable bonds is 6. The van der Waals surface area contributed by atoms with Crippen molar-refractivity contribution in [2.75, 3.05) is 13.1 Å². The fourth-order valence-corrected chi connectivity index (χ4v) is 3.83. The lowest BCUT2D eigenvalue weighted by atomic mass is 9.91.